The maximum absolute atomic E-state index is 14.3. The van der Waals surface area contributed by atoms with E-state index in [-0.39, 0.29) is 31.4 Å². The van der Waals surface area contributed by atoms with Crippen LogP contribution in [0.2, 0.25) is 0 Å². The minimum atomic E-state index is -2.76. The molecule has 0 saturated carbocycles. The number of aromatic nitrogens is 3. The molecular weight excluding hydrogens is 444 g/mol. The number of alkyl halides is 2. The molecule has 0 aliphatic heterocycles. The summed E-state index contributed by atoms with van der Waals surface area (Å²) in [5.74, 6) is -3.18. The number of hydrogen-bond acceptors (Lipinski definition) is 4. The first kappa shape index (κ1) is 22.5. The van der Waals surface area contributed by atoms with Gasteiger partial charge in [-0.3, -0.25) is 0 Å². The van der Waals surface area contributed by atoms with Crippen LogP contribution in [0.3, 0.4) is 0 Å². The molecule has 0 bridgehead atoms. The highest BCUT2D eigenvalue weighted by atomic mass is 19.3. The van der Waals surface area contributed by atoms with E-state index in [1.54, 1.807) is 13.2 Å². The lowest BCUT2D eigenvalue weighted by molar-refractivity contribution is -0.0126. The largest absolute Gasteiger partial charge is 0.478 e. The number of hydrogen-bond donors (Lipinski definition) is 2. The number of aromatic carboxylic acids is 1. The third-order valence-corrected chi connectivity index (χ3v) is 6.55. The van der Waals surface area contributed by atoms with Crippen LogP contribution in [-0.2, 0) is 30.7 Å². The molecule has 34 heavy (non-hydrogen) atoms. The van der Waals surface area contributed by atoms with Gasteiger partial charge in [0.25, 0.3) is 5.92 Å². The first-order valence-electron chi connectivity index (χ1n) is 11.2. The van der Waals surface area contributed by atoms with Crippen molar-refractivity contribution in [2.45, 2.75) is 38.3 Å². The lowest BCUT2D eigenvalue weighted by atomic mass is 9.92. The SMILES string of the molecule is COCCn1c(-c2ccc3c(c2)c2c(n3CCO)CCC(F)(F)C2)nc2cc(C(=O)O)ccc21. The van der Waals surface area contributed by atoms with Crippen molar-refractivity contribution < 1.29 is 28.5 Å². The Morgan fingerprint density at radius 3 is 2.68 bits per heavy atom. The highest BCUT2D eigenvalue weighted by molar-refractivity contribution is 5.94. The predicted octanol–water partition coefficient (Wildman–Crippen LogP) is 4.12. The van der Waals surface area contributed by atoms with Crippen LogP contribution in [0.1, 0.15) is 28.0 Å². The van der Waals surface area contributed by atoms with Crippen LogP contribution >= 0.6 is 0 Å². The summed E-state index contributed by atoms with van der Waals surface area (Å²) in [6.45, 7) is 1.19. The minimum absolute atomic E-state index is 0.0763. The number of carboxylic acid groups (broad SMARTS) is 1. The van der Waals surface area contributed by atoms with E-state index in [4.69, 9.17) is 9.72 Å². The van der Waals surface area contributed by atoms with E-state index in [0.29, 0.717) is 36.6 Å². The van der Waals surface area contributed by atoms with Gasteiger partial charge >= 0.3 is 5.97 Å². The van der Waals surface area contributed by atoms with E-state index in [2.05, 4.69) is 0 Å². The second-order valence-corrected chi connectivity index (χ2v) is 8.65. The number of carbonyl (C=O) groups is 1. The Hall–Kier alpha value is -3.30. The molecule has 2 aromatic heterocycles. The van der Waals surface area contributed by atoms with Gasteiger partial charge in [0.1, 0.15) is 5.82 Å². The van der Waals surface area contributed by atoms with Crippen LogP contribution in [-0.4, -0.2) is 56.5 Å². The molecule has 1 aliphatic carbocycles. The van der Waals surface area contributed by atoms with E-state index < -0.39 is 11.9 Å². The fourth-order valence-corrected chi connectivity index (χ4v) is 4.99. The number of fused-ring (bicyclic) bond motifs is 4. The highest BCUT2D eigenvalue weighted by Crippen LogP contribution is 2.40. The molecule has 7 nitrogen and oxygen atoms in total. The summed E-state index contributed by atoms with van der Waals surface area (Å²) >= 11 is 0. The summed E-state index contributed by atoms with van der Waals surface area (Å²) in [4.78, 5) is 16.2. The van der Waals surface area contributed by atoms with Gasteiger partial charge < -0.3 is 24.1 Å². The average Bonchev–Trinajstić information content (AvgIpc) is 3.32. The highest BCUT2D eigenvalue weighted by Gasteiger charge is 2.37. The smallest absolute Gasteiger partial charge is 0.335 e. The second-order valence-electron chi connectivity index (χ2n) is 8.65. The van der Waals surface area contributed by atoms with Crippen molar-refractivity contribution in [3.63, 3.8) is 0 Å². The van der Waals surface area contributed by atoms with Gasteiger partial charge in [-0.15, -0.1) is 0 Å². The van der Waals surface area contributed by atoms with Crippen molar-refractivity contribution in [3.8, 4) is 11.4 Å². The molecule has 0 saturated heterocycles. The van der Waals surface area contributed by atoms with Crippen molar-refractivity contribution >= 4 is 27.9 Å². The van der Waals surface area contributed by atoms with Crippen molar-refractivity contribution in [3.05, 3.63) is 53.2 Å². The number of aliphatic hydroxyl groups excluding tert-OH is 1. The van der Waals surface area contributed by atoms with Crippen LogP contribution in [0, 0.1) is 0 Å². The number of halogens is 2. The fourth-order valence-electron chi connectivity index (χ4n) is 4.99. The normalized spacial score (nSPS) is 15.2. The van der Waals surface area contributed by atoms with Gasteiger partial charge in [0.2, 0.25) is 0 Å². The standard InChI is InChI=1S/C25H25F2N3O4/c1-34-11-9-30-22-5-3-16(24(32)33)13-19(22)28-23(30)15-2-4-20-17(12-15)18-14-25(26,27)7-6-21(18)29(20)8-10-31/h2-5,12-13,31H,6-11,14H2,1H3,(H,32,33). The number of rotatable bonds is 7. The fraction of sp³-hybridized carbons (Fsp3) is 0.360. The van der Waals surface area contributed by atoms with Crippen molar-refractivity contribution in [2.75, 3.05) is 20.3 Å². The van der Waals surface area contributed by atoms with E-state index in [0.717, 1.165) is 27.7 Å². The Kier molecular flexibility index (Phi) is 5.61. The van der Waals surface area contributed by atoms with Crippen LogP contribution in [0.25, 0.3) is 33.3 Å². The maximum Gasteiger partial charge on any atom is 0.335 e. The molecular formula is C25H25F2N3O4. The number of aliphatic hydroxyl groups is 1. The number of carboxylic acids is 1. The van der Waals surface area contributed by atoms with Gasteiger partial charge in [-0.05, 0) is 48.4 Å². The summed E-state index contributed by atoms with van der Waals surface area (Å²) < 4.78 is 37.8. The van der Waals surface area contributed by atoms with Gasteiger partial charge in [-0.2, -0.15) is 0 Å². The first-order chi connectivity index (χ1) is 16.3. The molecule has 0 atom stereocenters. The number of ether oxygens (including phenoxy) is 1. The van der Waals surface area contributed by atoms with Gasteiger partial charge in [0, 0.05) is 55.2 Å². The quantitative estimate of drug-likeness (QED) is 0.425. The Bertz CT molecular complexity index is 1410. The molecule has 2 heterocycles. The van der Waals surface area contributed by atoms with E-state index in [1.807, 2.05) is 27.3 Å². The monoisotopic (exact) mass is 469 g/mol. The molecule has 9 heteroatoms. The Balaban J connectivity index is 1.71. The number of methoxy groups -OCH3 is 1. The van der Waals surface area contributed by atoms with Gasteiger partial charge in [0.15, 0.2) is 0 Å². The predicted molar refractivity (Wildman–Crippen MR) is 124 cm³/mol. The molecule has 178 valence electrons. The summed E-state index contributed by atoms with van der Waals surface area (Å²) in [6.07, 6.45) is -0.271. The third-order valence-electron chi connectivity index (χ3n) is 6.55. The van der Waals surface area contributed by atoms with E-state index in [1.165, 1.54) is 12.1 Å². The van der Waals surface area contributed by atoms with Crippen molar-refractivity contribution in [1.82, 2.24) is 14.1 Å². The molecule has 0 unspecified atom stereocenters. The zero-order valence-electron chi connectivity index (χ0n) is 18.7. The lowest BCUT2D eigenvalue weighted by Gasteiger charge is -2.23. The number of benzene rings is 2. The lowest BCUT2D eigenvalue weighted by Crippen LogP contribution is -2.26. The molecule has 0 spiro atoms. The topological polar surface area (TPSA) is 89.5 Å². The Labute approximate surface area is 194 Å². The van der Waals surface area contributed by atoms with Crippen LogP contribution in [0.4, 0.5) is 8.78 Å². The maximum atomic E-state index is 14.3. The number of imidazole rings is 1. The molecule has 0 fully saturated rings. The van der Waals surface area contributed by atoms with Gasteiger partial charge in [0.05, 0.1) is 29.8 Å². The Morgan fingerprint density at radius 2 is 1.94 bits per heavy atom. The molecule has 5 rings (SSSR count). The number of nitrogens with zero attached hydrogens (tertiary/aromatic N) is 3. The van der Waals surface area contributed by atoms with Crippen LogP contribution in [0.5, 0.6) is 0 Å². The zero-order chi connectivity index (χ0) is 24.0. The van der Waals surface area contributed by atoms with Gasteiger partial charge in [-0.1, -0.05) is 0 Å². The Morgan fingerprint density at radius 1 is 1.15 bits per heavy atom. The average molecular weight is 469 g/mol. The van der Waals surface area contributed by atoms with Crippen molar-refractivity contribution in [2.24, 2.45) is 0 Å². The summed E-state index contributed by atoms with van der Waals surface area (Å²) in [5.41, 5.74) is 4.48. The zero-order valence-corrected chi connectivity index (χ0v) is 18.7. The summed E-state index contributed by atoms with van der Waals surface area (Å²) in [5, 5.41) is 19.7. The molecule has 4 aromatic rings. The summed E-state index contributed by atoms with van der Waals surface area (Å²) in [6, 6.07) is 10.5. The first-order valence-corrected chi connectivity index (χ1v) is 11.2. The third kappa shape index (κ3) is 3.74. The van der Waals surface area contributed by atoms with Crippen LogP contribution < -0.4 is 0 Å². The molecule has 1 aliphatic rings. The molecule has 2 N–H and O–H groups in total. The molecule has 2 aromatic carbocycles. The molecule has 0 radical (unpaired) electrons. The van der Waals surface area contributed by atoms with Gasteiger partial charge in [-0.25, -0.2) is 18.6 Å². The van der Waals surface area contributed by atoms with E-state index >= 15 is 0 Å². The molecule has 0 amide bonds. The summed E-state index contributed by atoms with van der Waals surface area (Å²) in [7, 11) is 1.60. The van der Waals surface area contributed by atoms with E-state index in [9.17, 15) is 23.8 Å². The van der Waals surface area contributed by atoms with Crippen molar-refractivity contribution in [1.29, 1.82) is 0 Å². The van der Waals surface area contributed by atoms with Crippen LogP contribution in [0.15, 0.2) is 36.4 Å². The minimum Gasteiger partial charge on any atom is -0.478 e. The second kappa shape index (κ2) is 8.48.